The number of carbonyl (C=O) groups excluding carboxylic acids is 1. The minimum absolute atomic E-state index is 0.242. The first-order valence-electron chi connectivity index (χ1n) is 10.4. The summed E-state index contributed by atoms with van der Waals surface area (Å²) in [5.74, 6) is 0.0118. The third-order valence-electron chi connectivity index (χ3n) is 5.50. The molecule has 156 valence electrons. The fourth-order valence-electron chi connectivity index (χ4n) is 3.79. The molecule has 0 saturated carbocycles. The summed E-state index contributed by atoms with van der Waals surface area (Å²) in [4.78, 5) is 19.8. The van der Waals surface area contributed by atoms with Crippen molar-refractivity contribution in [2.45, 2.75) is 39.7 Å². The Morgan fingerprint density at radius 2 is 1.90 bits per heavy atom. The quantitative estimate of drug-likeness (QED) is 0.536. The van der Waals surface area contributed by atoms with Crippen molar-refractivity contribution in [2.24, 2.45) is 4.99 Å². The van der Waals surface area contributed by atoms with Crippen LogP contribution >= 0.6 is 11.3 Å². The highest BCUT2D eigenvalue weighted by Gasteiger charge is 2.19. The van der Waals surface area contributed by atoms with Crippen molar-refractivity contribution in [3.05, 3.63) is 69.6 Å². The zero-order chi connectivity index (χ0) is 21.1. The summed E-state index contributed by atoms with van der Waals surface area (Å²) in [5.41, 5.74) is 5.26. The van der Waals surface area contributed by atoms with Crippen molar-refractivity contribution < 1.29 is 9.18 Å². The van der Waals surface area contributed by atoms with E-state index in [9.17, 15) is 9.18 Å². The van der Waals surface area contributed by atoms with E-state index in [1.165, 1.54) is 17.7 Å². The maximum absolute atomic E-state index is 13.4. The Bertz CT molecular complexity index is 1110. The normalized spacial score (nSPS) is 14.7. The lowest BCUT2D eigenvalue weighted by atomic mass is 10.1. The predicted octanol–water partition coefficient (Wildman–Crippen LogP) is 5.22. The van der Waals surface area contributed by atoms with Crippen molar-refractivity contribution in [1.29, 1.82) is 0 Å². The number of aromatic nitrogens is 1. The molecular weight excluding hydrogens is 397 g/mol. The second-order valence-corrected chi connectivity index (χ2v) is 8.64. The van der Waals surface area contributed by atoms with Crippen LogP contribution in [0.15, 0.2) is 52.8 Å². The summed E-state index contributed by atoms with van der Waals surface area (Å²) < 4.78 is 15.6. The van der Waals surface area contributed by atoms with Crippen LogP contribution < -0.4 is 4.80 Å². The largest absolute Gasteiger partial charge is 0.343 e. The molecule has 1 saturated heterocycles. The summed E-state index contributed by atoms with van der Waals surface area (Å²) >= 11 is 1.59. The van der Waals surface area contributed by atoms with Gasteiger partial charge in [-0.3, -0.25) is 4.79 Å². The van der Waals surface area contributed by atoms with Gasteiger partial charge in [-0.25, -0.2) is 9.38 Å². The van der Waals surface area contributed by atoms with E-state index in [1.54, 1.807) is 23.5 Å². The van der Waals surface area contributed by atoms with Gasteiger partial charge in [0.15, 0.2) is 4.80 Å². The summed E-state index contributed by atoms with van der Waals surface area (Å²) in [6.45, 7) is 6.50. The standard InChI is InChI=1S/C24H26FN3OS/c1-17-6-7-18(2)21(15-17)26-24-28(14-4-13-27-12-3-5-23(27)29)22(16-30-24)19-8-10-20(25)11-9-19/h6-11,15-16H,3-5,12-14H2,1-2H3. The smallest absolute Gasteiger partial charge is 0.222 e. The average Bonchev–Trinajstić information content (AvgIpc) is 3.32. The third kappa shape index (κ3) is 4.54. The van der Waals surface area contributed by atoms with Crippen molar-refractivity contribution in [3.8, 4) is 11.3 Å². The van der Waals surface area contributed by atoms with Crippen molar-refractivity contribution in [3.63, 3.8) is 0 Å². The van der Waals surface area contributed by atoms with E-state index in [0.29, 0.717) is 6.42 Å². The number of rotatable bonds is 6. The fraction of sp³-hybridized carbons (Fsp3) is 0.333. The highest BCUT2D eigenvalue weighted by molar-refractivity contribution is 7.07. The fourth-order valence-corrected chi connectivity index (χ4v) is 4.74. The summed E-state index contributed by atoms with van der Waals surface area (Å²) in [7, 11) is 0. The van der Waals surface area contributed by atoms with Gasteiger partial charge in [0.25, 0.3) is 0 Å². The first kappa shape index (κ1) is 20.5. The summed E-state index contributed by atoms with van der Waals surface area (Å²) in [6.07, 6.45) is 2.48. The monoisotopic (exact) mass is 423 g/mol. The molecule has 1 fully saturated rings. The molecule has 0 aliphatic carbocycles. The van der Waals surface area contributed by atoms with Gasteiger partial charge in [-0.05, 0) is 73.7 Å². The minimum Gasteiger partial charge on any atom is -0.343 e. The van der Waals surface area contributed by atoms with Gasteiger partial charge in [-0.1, -0.05) is 12.1 Å². The SMILES string of the molecule is Cc1ccc(C)c(N=c2scc(-c3ccc(F)cc3)n2CCCN2CCCC2=O)c1. The van der Waals surface area contributed by atoms with Crippen LogP contribution in [0.5, 0.6) is 0 Å². The summed E-state index contributed by atoms with van der Waals surface area (Å²) in [5, 5.41) is 2.08. The highest BCUT2D eigenvalue weighted by atomic mass is 32.1. The van der Waals surface area contributed by atoms with Crippen molar-refractivity contribution >= 4 is 22.9 Å². The van der Waals surface area contributed by atoms with Crippen LogP contribution in [0.1, 0.15) is 30.4 Å². The molecule has 0 spiro atoms. The minimum atomic E-state index is -0.242. The molecule has 4 rings (SSSR count). The number of aryl methyl sites for hydroxylation is 2. The predicted molar refractivity (Wildman–Crippen MR) is 119 cm³/mol. The van der Waals surface area contributed by atoms with E-state index in [0.717, 1.165) is 59.8 Å². The Morgan fingerprint density at radius 3 is 2.63 bits per heavy atom. The number of amides is 1. The van der Waals surface area contributed by atoms with Gasteiger partial charge in [-0.2, -0.15) is 0 Å². The second-order valence-electron chi connectivity index (χ2n) is 7.80. The number of halogens is 1. The molecule has 1 aliphatic rings. The number of benzene rings is 2. The topological polar surface area (TPSA) is 37.6 Å². The Balaban J connectivity index is 1.68. The first-order valence-corrected chi connectivity index (χ1v) is 11.2. The van der Waals surface area contributed by atoms with E-state index >= 15 is 0 Å². The number of hydrogen-bond donors (Lipinski definition) is 0. The van der Waals surface area contributed by atoms with Gasteiger partial charge in [-0.15, -0.1) is 11.3 Å². The lowest BCUT2D eigenvalue weighted by Gasteiger charge is -2.16. The first-order chi connectivity index (χ1) is 14.5. The van der Waals surface area contributed by atoms with Crippen molar-refractivity contribution in [1.82, 2.24) is 9.47 Å². The molecule has 0 atom stereocenters. The highest BCUT2D eigenvalue weighted by Crippen LogP contribution is 2.23. The third-order valence-corrected chi connectivity index (χ3v) is 6.36. The molecule has 0 radical (unpaired) electrons. The van der Waals surface area contributed by atoms with Crippen LogP contribution in [0.25, 0.3) is 11.3 Å². The Labute approximate surface area is 180 Å². The Kier molecular flexibility index (Phi) is 6.13. The zero-order valence-corrected chi connectivity index (χ0v) is 18.2. The molecule has 0 unspecified atom stereocenters. The van der Waals surface area contributed by atoms with E-state index in [-0.39, 0.29) is 11.7 Å². The van der Waals surface area contributed by atoms with E-state index in [1.807, 2.05) is 4.90 Å². The molecule has 1 aromatic heterocycles. The molecule has 30 heavy (non-hydrogen) atoms. The summed E-state index contributed by atoms with van der Waals surface area (Å²) in [6, 6.07) is 12.9. The molecule has 0 N–H and O–H groups in total. The van der Waals surface area contributed by atoms with E-state index in [4.69, 9.17) is 4.99 Å². The molecule has 4 nitrogen and oxygen atoms in total. The number of carbonyl (C=O) groups is 1. The maximum Gasteiger partial charge on any atom is 0.222 e. The molecule has 2 heterocycles. The second kappa shape index (κ2) is 8.96. The molecule has 1 aliphatic heterocycles. The van der Waals surface area contributed by atoms with Gasteiger partial charge >= 0.3 is 0 Å². The van der Waals surface area contributed by atoms with Crippen molar-refractivity contribution in [2.75, 3.05) is 13.1 Å². The Hall–Kier alpha value is -2.73. The molecule has 2 aromatic carbocycles. The zero-order valence-electron chi connectivity index (χ0n) is 17.4. The molecule has 1 amide bonds. The van der Waals surface area contributed by atoms with Gasteiger partial charge in [0.1, 0.15) is 5.82 Å². The molecule has 6 heteroatoms. The Morgan fingerprint density at radius 1 is 1.10 bits per heavy atom. The van der Waals surface area contributed by atoms with Crippen LogP contribution in [0.2, 0.25) is 0 Å². The van der Waals surface area contributed by atoms with Gasteiger partial charge < -0.3 is 9.47 Å². The molecule has 3 aromatic rings. The molecular formula is C24H26FN3OS. The number of thiazole rings is 1. The van der Waals surface area contributed by atoms with Crippen LogP contribution in [0.4, 0.5) is 10.1 Å². The van der Waals surface area contributed by atoms with E-state index < -0.39 is 0 Å². The van der Waals surface area contributed by atoms with Crippen LogP contribution in [-0.2, 0) is 11.3 Å². The van der Waals surface area contributed by atoms with Gasteiger partial charge in [0, 0.05) is 31.4 Å². The lowest BCUT2D eigenvalue weighted by molar-refractivity contribution is -0.127. The van der Waals surface area contributed by atoms with Crippen LogP contribution in [0.3, 0.4) is 0 Å². The maximum atomic E-state index is 13.4. The van der Waals surface area contributed by atoms with E-state index in [2.05, 4.69) is 42.0 Å². The average molecular weight is 424 g/mol. The number of nitrogens with zero attached hydrogens (tertiary/aromatic N) is 3. The lowest BCUT2D eigenvalue weighted by Crippen LogP contribution is -2.27. The van der Waals surface area contributed by atoms with Gasteiger partial charge in [0.05, 0.1) is 11.4 Å². The van der Waals surface area contributed by atoms with Crippen LogP contribution in [-0.4, -0.2) is 28.5 Å². The number of hydrogen-bond acceptors (Lipinski definition) is 3. The van der Waals surface area contributed by atoms with Crippen LogP contribution in [0, 0.1) is 19.7 Å². The molecule has 0 bridgehead atoms. The van der Waals surface area contributed by atoms with Gasteiger partial charge in [0.2, 0.25) is 5.91 Å². The number of likely N-dealkylation sites (tertiary alicyclic amines) is 1.